The van der Waals surface area contributed by atoms with Gasteiger partial charge in [0, 0.05) is 6.92 Å². The monoisotopic (exact) mass is 237 g/mol. The second-order valence-corrected chi connectivity index (χ2v) is 3.32. The number of carbonyl (C=O) groups is 2. The Labute approximate surface area is 99.7 Å². The van der Waals surface area contributed by atoms with Crippen molar-refractivity contribution < 1.29 is 19.1 Å². The summed E-state index contributed by atoms with van der Waals surface area (Å²) < 4.78 is 9.94. The summed E-state index contributed by atoms with van der Waals surface area (Å²) in [5.41, 5.74) is 0.821. The van der Waals surface area contributed by atoms with Crippen LogP contribution >= 0.6 is 0 Å². The number of nitrogens with one attached hydrogen (secondary N) is 1. The smallest absolute Gasteiger partial charge is 0.337 e. The summed E-state index contributed by atoms with van der Waals surface area (Å²) in [6.45, 7) is 3.70. The first-order valence-electron chi connectivity index (χ1n) is 5.21. The molecule has 1 aromatic carbocycles. The molecule has 5 nitrogen and oxygen atoms in total. The van der Waals surface area contributed by atoms with E-state index >= 15 is 0 Å². The van der Waals surface area contributed by atoms with Crippen LogP contribution < -0.4 is 10.1 Å². The fourth-order valence-electron chi connectivity index (χ4n) is 1.34. The molecule has 0 aliphatic carbocycles. The van der Waals surface area contributed by atoms with Crippen LogP contribution in [-0.2, 0) is 9.53 Å². The SMILES string of the molecule is CCOc1ccc(C(=O)OC)cc1NC(C)=O. The maximum absolute atomic E-state index is 11.3. The van der Waals surface area contributed by atoms with E-state index < -0.39 is 5.97 Å². The van der Waals surface area contributed by atoms with E-state index in [4.69, 9.17) is 4.74 Å². The normalized spacial score (nSPS) is 9.59. The van der Waals surface area contributed by atoms with Gasteiger partial charge < -0.3 is 14.8 Å². The molecule has 0 aliphatic rings. The second kappa shape index (κ2) is 5.89. The zero-order chi connectivity index (χ0) is 12.8. The summed E-state index contributed by atoms with van der Waals surface area (Å²) in [5, 5.41) is 2.61. The molecule has 0 fully saturated rings. The third-order valence-corrected chi connectivity index (χ3v) is 2.01. The molecule has 0 aromatic heterocycles. The summed E-state index contributed by atoms with van der Waals surface area (Å²) in [7, 11) is 1.30. The number of ether oxygens (including phenoxy) is 2. The first kappa shape index (κ1) is 13.0. The van der Waals surface area contributed by atoms with Crippen molar-refractivity contribution in [2.24, 2.45) is 0 Å². The van der Waals surface area contributed by atoms with Gasteiger partial charge in [-0.15, -0.1) is 0 Å². The molecular weight excluding hydrogens is 222 g/mol. The largest absolute Gasteiger partial charge is 0.492 e. The van der Waals surface area contributed by atoms with Gasteiger partial charge in [-0.25, -0.2) is 4.79 Å². The third kappa shape index (κ3) is 3.48. The highest BCUT2D eigenvalue weighted by atomic mass is 16.5. The predicted octanol–water partition coefficient (Wildman–Crippen LogP) is 1.83. The summed E-state index contributed by atoms with van der Waals surface area (Å²) in [6, 6.07) is 4.74. The summed E-state index contributed by atoms with van der Waals surface area (Å²) in [6.07, 6.45) is 0. The number of methoxy groups -OCH3 is 1. The van der Waals surface area contributed by atoms with Crippen molar-refractivity contribution in [2.45, 2.75) is 13.8 Å². The quantitative estimate of drug-likeness (QED) is 0.811. The fourth-order valence-corrected chi connectivity index (χ4v) is 1.34. The van der Waals surface area contributed by atoms with Gasteiger partial charge in [-0.2, -0.15) is 0 Å². The van der Waals surface area contributed by atoms with Gasteiger partial charge in [0.1, 0.15) is 5.75 Å². The highest BCUT2D eigenvalue weighted by Crippen LogP contribution is 2.26. The van der Waals surface area contributed by atoms with Crippen LogP contribution in [0.3, 0.4) is 0 Å². The Morgan fingerprint density at radius 3 is 2.59 bits per heavy atom. The van der Waals surface area contributed by atoms with Crippen LogP contribution in [0, 0.1) is 0 Å². The Morgan fingerprint density at radius 1 is 1.35 bits per heavy atom. The van der Waals surface area contributed by atoms with E-state index in [9.17, 15) is 9.59 Å². The summed E-state index contributed by atoms with van der Waals surface area (Å²) >= 11 is 0. The molecular formula is C12H15NO4. The second-order valence-electron chi connectivity index (χ2n) is 3.32. The number of rotatable bonds is 4. The topological polar surface area (TPSA) is 64.6 Å². The van der Waals surface area contributed by atoms with Crippen LogP contribution in [0.15, 0.2) is 18.2 Å². The van der Waals surface area contributed by atoms with Crippen molar-refractivity contribution in [2.75, 3.05) is 19.0 Å². The molecule has 1 rings (SSSR count). The highest BCUT2D eigenvalue weighted by molar-refractivity contribution is 5.95. The van der Waals surface area contributed by atoms with Crippen LogP contribution in [0.1, 0.15) is 24.2 Å². The van der Waals surface area contributed by atoms with E-state index in [1.165, 1.54) is 20.1 Å². The van der Waals surface area contributed by atoms with Crippen molar-refractivity contribution in [1.82, 2.24) is 0 Å². The first-order chi connectivity index (χ1) is 8.08. The number of anilines is 1. The first-order valence-corrected chi connectivity index (χ1v) is 5.21. The van der Waals surface area contributed by atoms with Gasteiger partial charge >= 0.3 is 5.97 Å². The standard InChI is InChI=1S/C12H15NO4/c1-4-17-11-6-5-9(12(15)16-3)7-10(11)13-8(2)14/h5-7H,4H2,1-3H3,(H,13,14). The van der Waals surface area contributed by atoms with Gasteiger partial charge in [-0.05, 0) is 25.1 Å². The van der Waals surface area contributed by atoms with E-state index in [1.54, 1.807) is 12.1 Å². The minimum absolute atomic E-state index is 0.229. The molecule has 1 N–H and O–H groups in total. The van der Waals surface area contributed by atoms with Crippen molar-refractivity contribution in [3.8, 4) is 5.75 Å². The molecule has 0 bridgehead atoms. The van der Waals surface area contributed by atoms with Crippen LogP contribution in [0.25, 0.3) is 0 Å². The number of amides is 1. The number of esters is 1. The lowest BCUT2D eigenvalue weighted by molar-refractivity contribution is -0.114. The molecule has 1 aromatic rings. The molecule has 0 spiro atoms. The van der Waals surface area contributed by atoms with Gasteiger partial charge in [0.15, 0.2) is 0 Å². The molecule has 92 valence electrons. The van der Waals surface area contributed by atoms with E-state index in [1.807, 2.05) is 6.92 Å². The van der Waals surface area contributed by atoms with Crippen molar-refractivity contribution in [3.05, 3.63) is 23.8 Å². The zero-order valence-electron chi connectivity index (χ0n) is 10.1. The van der Waals surface area contributed by atoms with Crippen LogP contribution in [0.5, 0.6) is 5.75 Å². The Hall–Kier alpha value is -2.04. The lowest BCUT2D eigenvalue weighted by Gasteiger charge is -2.11. The Morgan fingerprint density at radius 2 is 2.06 bits per heavy atom. The van der Waals surface area contributed by atoms with Crippen LogP contribution in [0.2, 0.25) is 0 Å². The molecule has 1 amide bonds. The minimum Gasteiger partial charge on any atom is -0.492 e. The van der Waals surface area contributed by atoms with Gasteiger partial charge in [-0.3, -0.25) is 4.79 Å². The highest BCUT2D eigenvalue weighted by Gasteiger charge is 2.11. The molecule has 0 saturated heterocycles. The molecule has 0 heterocycles. The van der Waals surface area contributed by atoms with Crippen LogP contribution in [-0.4, -0.2) is 25.6 Å². The predicted molar refractivity (Wildman–Crippen MR) is 63.3 cm³/mol. The van der Waals surface area contributed by atoms with Crippen molar-refractivity contribution in [1.29, 1.82) is 0 Å². The Kier molecular flexibility index (Phi) is 4.51. The average molecular weight is 237 g/mol. The van der Waals surface area contributed by atoms with Crippen molar-refractivity contribution >= 4 is 17.6 Å². The number of hydrogen-bond donors (Lipinski definition) is 1. The van der Waals surface area contributed by atoms with E-state index in [0.29, 0.717) is 23.6 Å². The fraction of sp³-hybridized carbons (Fsp3) is 0.333. The van der Waals surface area contributed by atoms with Gasteiger partial charge in [-0.1, -0.05) is 0 Å². The average Bonchev–Trinajstić information content (AvgIpc) is 2.30. The van der Waals surface area contributed by atoms with Crippen LogP contribution in [0.4, 0.5) is 5.69 Å². The Bertz CT molecular complexity index is 429. The molecule has 17 heavy (non-hydrogen) atoms. The van der Waals surface area contributed by atoms with E-state index in [-0.39, 0.29) is 5.91 Å². The molecule has 0 unspecified atom stereocenters. The number of hydrogen-bond acceptors (Lipinski definition) is 4. The molecule has 5 heteroatoms. The van der Waals surface area contributed by atoms with Crippen molar-refractivity contribution in [3.63, 3.8) is 0 Å². The number of carbonyl (C=O) groups excluding carboxylic acids is 2. The van der Waals surface area contributed by atoms with Gasteiger partial charge in [0.25, 0.3) is 0 Å². The van der Waals surface area contributed by atoms with Gasteiger partial charge in [0.05, 0.1) is 25.0 Å². The third-order valence-electron chi connectivity index (χ3n) is 2.01. The van der Waals surface area contributed by atoms with E-state index in [2.05, 4.69) is 10.1 Å². The molecule has 0 atom stereocenters. The molecule has 0 aliphatic heterocycles. The summed E-state index contributed by atoms with van der Waals surface area (Å²) in [4.78, 5) is 22.4. The van der Waals surface area contributed by atoms with E-state index in [0.717, 1.165) is 0 Å². The number of benzene rings is 1. The lowest BCUT2D eigenvalue weighted by atomic mass is 10.2. The zero-order valence-corrected chi connectivity index (χ0v) is 10.1. The minimum atomic E-state index is -0.459. The summed E-state index contributed by atoms with van der Waals surface area (Å²) in [5.74, 6) is -0.164. The maximum Gasteiger partial charge on any atom is 0.337 e. The molecule has 0 radical (unpaired) electrons. The Balaban J connectivity index is 3.09. The van der Waals surface area contributed by atoms with Gasteiger partial charge in [0.2, 0.25) is 5.91 Å². The maximum atomic E-state index is 11.3. The molecule has 0 saturated carbocycles. The lowest BCUT2D eigenvalue weighted by Crippen LogP contribution is -2.10.